The maximum absolute atomic E-state index is 12.5. The van der Waals surface area contributed by atoms with Crippen molar-refractivity contribution in [2.75, 3.05) is 7.11 Å². The zero-order valence-electron chi connectivity index (χ0n) is 13.6. The van der Waals surface area contributed by atoms with Gasteiger partial charge in [0.2, 0.25) is 0 Å². The largest absolute Gasteiger partial charge is 0.497 e. The average Bonchev–Trinajstić information content (AvgIpc) is 2.91. The Morgan fingerprint density at radius 3 is 2.38 bits per heavy atom. The van der Waals surface area contributed by atoms with E-state index in [1.54, 1.807) is 19.2 Å². The summed E-state index contributed by atoms with van der Waals surface area (Å²) in [4.78, 5) is 12.8. The molecule has 3 rings (SSSR count). The monoisotopic (exact) mass is 360 g/mol. The van der Waals surface area contributed by atoms with Crippen LogP contribution in [0, 0.1) is 0 Å². The smallest absolute Gasteiger partial charge is 0.355 e. The molecule has 5 heteroatoms. The molecule has 0 N–H and O–H groups in total. The molecule has 0 aliphatic heterocycles. The molecule has 1 aromatic heterocycles. The van der Waals surface area contributed by atoms with Crippen molar-refractivity contribution in [3.63, 3.8) is 0 Å². The van der Waals surface area contributed by atoms with Gasteiger partial charge in [-0.25, -0.2) is 4.79 Å². The van der Waals surface area contributed by atoms with Gasteiger partial charge in [-0.1, -0.05) is 37.6 Å². The summed E-state index contributed by atoms with van der Waals surface area (Å²) in [7, 11) is 1.59. The molecule has 0 unspecified atom stereocenters. The maximum Gasteiger partial charge on any atom is 0.355 e. The number of carbonyl (C=O) groups excluding carboxylic acids is 1. The predicted molar refractivity (Wildman–Crippen MR) is 98.9 cm³/mol. The summed E-state index contributed by atoms with van der Waals surface area (Å²) in [6.07, 6.45) is 0. The highest BCUT2D eigenvalue weighted by Crippen LogP contribution is 2.37. The summed E-state index contributed by atoms with van der Waals surface area (Å²) < 4.78 is 11.6. The number of carbonyl (C=O) groups is 1. The second-order valence-corrected chi connectivity index (χ2v) is 7.15. The van der Waals surface area contributed by atoms with Gasteiger partial charge in [-0.15, -0.1) is 11.3 Å². The number of thiophene rings is 1. The molecule has 0 aliphatic rings. The van der Waals surface area contributed by atoms with Gasteiger partial charge in [0.1, 0.15) is 16.4 Å². The molecule has 0 amide bonds. The first-order valence-electron chi connectivity index (χ1n) is 7.57. The number of benzene rings is 2. The molecule has 0 radical (unpaired) electrons. The second-order valence-electron chi connectivity index (χ2n) is 5.72. The summed E-state index contributed by atoms with van der Waals surface area (Å²) in [5, 5.41) is 1.20. The Hall–Kier alpha value is -2.04. The van der Waals surface area contributed by atoms with E-state index in [1.165, 1.54) is 16.9 Å². The Labute approximate surface area is 149 Å². The van der Waals surface area contributed by atoms with Crippen molar-refractivity contribution in [2.24, 2.45) is 0 Å². The lowest BCUT2D eigenvalue weighted by molar-refractivity contribution is 0.0740. The number of methoxy groups -OCH3 is 1. The van der Waals surface area contributed by atoms with Gasteiger partial charge < -0.3 is 9.47 Å². The third kappa shape index (κ3) is 3.25. The SMILES string of the molecule is COc1ccc2sc(C(=O)Oc3ccc(C(C)C)cc3)c(Cl)c2c1. The van der Waals surface area contributed by atoms with E-state index in [1.807, 2.05) is 30.3 Å². The predicted octanol–water partition coefficient (Wildman–Crippen LogP) is 5.91. The molecule has 0 fully saturated rings. The van der Waals surface area contributed by atoms with E-state index in [0.29, 0.717) is 27.3 Å². The number of rotatable bonds is 4. The lowest BCUT2D eigenvalue weighted by atomic mass is 10.0. The third-order valence-electron chi connectivity index (χ3n) is 3.78. The molecular weight excluding hydrogens is 344 g/mol. The van der Waals surface area contributed by atoms with Crippen LogP contribution in [0.3, 0.4) is 0 Å². The highest BCUT2D eigenvalue weighted by Gasteiger charge is 2.19. The van der Waals surface area contributed by atoms with E-state index in [-0.39, 0.29) is 0 Å². The fourth-order valence-corrected chi connectivity index (χ4v) is 3.74. The Bertz CT molecular complexity index is 882. The minimum absolute atomic E-state index is 0.396. The molecule has 2 aromatic carbocycles. The summed E-state index contributed by atoms with van der Waals surface area (Å²) in [5.74, 6) is 1.20. The van der Waals surface area contributed by atoms with E-state index >= 15 is 0 Å². The van der Waals surface area contributed by atoms with Crippen molar-refractivity contribution < 1.29 is 14.3 Å². The minimum Gasteiger partial charge on any atom is -0.497 e. The van der Waals surface area contributed by atoms with Gasteiger partial charge in [-0.05, 0) is 41.8 Å². The highest BCUT2D eigenvalue weighted by molar-refractivity contribution is 7.21. The molecule has 0 saturated heterocycles. The van der Waals surface area contributed by atoms with E-state index < -0.39 is 5.97 Å². The van der Waals surface area contributed by atoms with Gasteiger partial charge in [0.15, 0.2) is 0 Å². The molecule has 3 aromatic rings. The number of ether oxygens (including phenoxy) is 2. The van der Waals surface area contributed by atoms with Crippen LogP contribution in [0.15, 0.2) is 42.5 Å². The van der Waals surface area contributed by atoms with Crippen molar-refractivity contribution in [1.82, 2.24) is 0 Å². The zero-order chi connectivity index (χ0) is 17.3. The summed E-state index contributed by atoms with van der Waals surface area (Å²) in [6.45, 7) is 4.23. The Morgan fingerprint density at radius 2 is 1.75 bits per heavy atom. The summed E-state index contributed by atoms with van der Waals surface area (Å²) in [6, 6.07) is 13.1. The van der Waals surface area contributed by atoms with Crippen LogP contribution in [-0.4, -0.2) is 13.1 Å². The number of hydrogen-bond donors (Lipinski definition) is 0. The molecule has 124 valence electrons. The van der Waals surface area contributed by atoms with Crippen LogP contribution < -0.4 is 9.47 Å². The van der Waals surface area contributed by atoms with Crippen LogP contribution in [-0.2, 0) is 0 Å². The van der Waals surface area contributed by atoms with Gasteiger partial charge in [0, 0.05) is 10.1 Å². The summed E-state index contributed by atoms with van der Waals surface area (Å²) >= 11 is 7.68. The molecule has 1 heterocycles. The quantitative estimate of drug-likeness (QED) is 0.429. The Morgan fingerprint density at radius 1 is 1.08 bits per heavy atom. The standard InChI is InChI=1S/C19H17ClO3S/c1-11(2)12-4-6-13(7-5-12)23-19(21)18-17(20)15-10-14(22-3)8-9-16(15)24-18/h4-11H,1-3H3. The van der Waals surface area contributed by atoms with Crippen molar-refractivity contribution in [1.29, 1.82) is 0 Å². The third-order valence-corrected chi connectivity index (χ3v) is 5.43. The molecule has 3 nitrogen and oxygen atoms in total. The Kier molecular flexibility index (Phi) is 4.78. The molecule has 0 spiro atoms. The minimum atomic E-state index is -0.447. The van der Waals surface area contributed by atoms with Gasteiger partial charge in [-0.2, -0.15) is 0 Å². The molecule has 0 atom stereocenters. The van der Waals surface area contributed by atoms with Crippen LogP contribution in [0.4, 0.5) is 0 Å². The molecule has 0 bridgehead atoms. The second kappa shape index (κ2) is 6.83. The van der Waals surface area contributed by atoms with Gasteiger partial charge in [-0.3, -0.25) is 0 Å². The van der Waals surface area contributed by atoms with E-state index in [2.05, 4.69) is 13.8 Å². The number of hydrogen-bond acceptors (Lipinski definition) is 4. The number of esters is 1. The van der Waals surface area contributed by atoms with Crippen LogP contribution in [0.5, 0.6) is 11.5 Å². The van der Waals surface area contributed by atoms with Crippen molar-refractivity contribution >= 4 is 39.0 Å². The van der Waals surface area contributed by atoms with E-state index in [4.69, 9.17) is 21.1 Å². The molecule has 0 saturated carbocycles. The lowest BCUT2D eigenvalue weighted by Crippen LogP contribution is -2.07. The lowest BCUT2D eigenvalue weighted by Gasteiger charge is -2.07. The van der Waals surface area contributed by atoms with Crippen LogP contribution in [0.1, 0.15) is 35.0 Å². The van der Waals surface area contributed by atoms with Crippen LogP contribution >= 0.6 is 22.9 Å². The van der Waals surface area contributed by atoms with E-state index in [9.17, 15) is 4.79 Å². The highest BCUT2D eigenvalue weighted by atomic mass is 35.5. The molecule has 0 aliphatic carbocycles. The number of halogens is 1. The van der Waals surface area contributed by atoms with Crippen molar-refractivity contribution in [3.8, 4) is 11.5 Å². The van der Waals surface area contributed by atoms with Gasteiger partial charge in [0.25, 0.3) is 0 Å². The van der Waals surface area contributed by atoms with Crippen molar-refractivity contribution in [2.45, 2.75) is 19.8 Å². The van der Waals surface area contributed by atoms with Gasteiger partial charge >= 0.3 is 5.97 Å². The zero-order valence-corrected chi connectivity index (χ0v) is 15.2. The van der Waals surface area contributed by atoms with Crippen LogP contribution in [0.2, 0.25) is 5.02 Å². The van der Waals surface area contributed by atoms with Gasteiger partial charge in [0.05, 0.1) is 12.1 Å². The fourth-order valence-electron chi connectivity index (χ4n) is 2.38. The fraction of sp³-hybridized carbons (Fsp3) is 0.211. The maximum atomic E-state index is 12.5. The molecular formula is C19H17ClO3S. The normalized spacial score (nSPS) is 11.0. The topological polar surface area (TPSA) is 35.5 Å². The average molecular weight is 361 g/mol. The van der Waals surface area contributed by atoms with Crippen molar-refractivity contribution in [3.05, 3.63) is 57.9 Å². The Balaban J connectivity index is 1.87. The first-order valence-corrected chi connectivity index (χ1v) is 8.77. The first kappa shape index (κ1) is 16.8. The van der Waals surface area contributed by atoms with E-state index in [0.717, 1.165) is 10.1 Å². The summed E-state index contributed by atoms with van der Waals surface area (Å²) in [5.41, 5.74) is 1.20. The first-order chi connectivity index (χ1) is 11.5. The van der Waals surface area contributed by atoms with Crippen LogP contribution in [0.25, 0.3) is 10.1 Å². The number of fused-ring (bicyclic) bond motifs is 1. The molecule has 24 heavy (non-hydrogen) atoms.